The smallest absolute Gasteiger partial charge is 0.262 e. The van der Waals surface area contributed by atoms with Gasteiger partial charge in [-0.25, -0.2) is 8.78 Å². The lowest BCUT2D eigenvalue weighted by Crippen LogP contribution is -2.38. The van der Waals surface area contributed by atoms with E-state index in [1.165, 1.54) is 29.2 Å². The van der Waals surface area contributed by atoms with Gasteiger partial charge in [0.2, 0.25) is 5.91 Å². The first kappa shape index (κ1) is 26.6. The number of hydrogen-bond acceptors (Lipinski definition) is 4. The van der Waals surface area contributed by atoms with Crippen molar-refractivity contribution in [2.75, 3.05) is 19.8 Å². The standard InChI is InChI=1S/C23H24Cl2F2N2O4/c1-14(23(32)29(7-8-30)12-16-3-5-18(24)20(26)10-16)9-15(2)28-22(31)13-33-17-4-6-19(25)21(27)11-17/h3-6,10-11,14,30H,2,7-9,12-13H2,1H3,(H,28,31). The second kappa shape index (κ2) is 12.5. The van der Waals surface area contributed by atoms with Gasteiger partial charge in [-0.1, -0.05) is 42.8 Å². The number of hydrogen-bond donors (Lipinski definition) is 2. The highest BCUT2D eigenvalue weighted by atomic mass is 35.5. The van der Waals surface area contributed by atoms with Crippen LogP contribution < -0.4 is 10.1 Å². The minimum absolute atomic E-state index is 0.0237. The molecule has 0 heterocycles. The number of rotatable bonds is 11. The zero-order chi connectivity index (χ0) is 24.5. The second-order valence-electron chi connectivity index (χ2n) is 7.35. The fraction of sp³-hybridized carbons (Fsp3) is 0.304. The van der Waals surface area contributed by atoms with E-state index < -0.39 is 23.5 Å². The fourth-order valence-electron chi connectivity index (χ4n) is 3.01. The molecule has 0 aliphatic heterocycles. The number of benzene rings is 2. The van der Waals surface area contributed by atoms with Crippen LogP contribution in [0.5, 0.6) is 5.75 Å². The van der Waals surface area contributed by atoms with Crippen LogP contribution >= 0.6 is 23.2 Å². The Labute approximate surface area is 200 Å². The van der Waals surface area contributed by atoms with Crippen molar-refractivity contribution in [2.24, 2.45) is 5.92 Å². The summed E-state index contributed by atoms with van der Waals surface area (Å²) in [5.74, 6) is -2.54. The molecule has 0 spiro atoms. The number of nitrogens with one attached hydrogen (secondary N) is 1. The van der Waals surface area contributed by atoms with Gasteiger partial charge in [0.25, 0.3) is 5.91 Å². The molecule has 0 fully saturated rings. The number of aliphatic hydroxyl groups excluding tert-OH is 1. The van der Waals surface area contributed by atoms with Gasteiger partial charge in [-0.15, -0.1) is 0 Å². The van der Waals surface area contributed by atoms with Gasteiger partial charge >= 0.3 is 0 Å². The largest absolute Gasteiger partial charge is 0.484 e. The van der Waals surface area contributed by atoms with Crippen LogP contribution in [-0.4, -0.2) is 41.6 Å². The molecule has 0 aliphatic rings. The Bertz CT molecular complexity index is 1020. The maximum absolute atomic E-state index is 13.7. The van der Waals surface area contributed by atoms with E-state index in [-0.39, 0.29) is 60.1 Å². The van der Waals surface area contributed by atoms with Crippen molar-refractivity contribution in [3.8, 4) is 5.75 Å². The summed E-state index contributed by atoms with van der Waals surface area (Å²) in [7, 11) is 0. The van der Waals surface area contributed by atoms with E-state index in [2.05, 4.69) is 11.9 Å². The Balaban J connectivity index is 1.88. The molecule has 2 N–H and O–H groups in total. The predicted octanol–water partition coefficient (Wildman–Crippen LogP) is 4.33. The van der Waals surface area contributed by atoms with Crippen molar-refractivity contribution in [1.29, 1.82) is 0 Å². The quantitative estimate of drug-likeness (QED) is 0.481. The molecule has 2 amide bonds. The highest BCUT2D eigenvalue weighted by Crippen LogP contribution is 2.21. The Kier molecular flexibility index (Phi) is 10.1. The van der Waals surface area contributed by atoms with Crippen LogP contribution in [0.3, 0.4) is 0 Å². The Morgan fingerprint density at radius 1 is 1.15 bits per heavy atom. The molecule has 1 unspecified atom stereocenters. The van der Waals surface area contributed by atoms with Crippen LogP contribution in [0.2, 0.25) is 10.0 Å². The molecule has 0 bridgehead atoms. The van der Waals surface area contributed by atoms with Gasteiger partial charge < -0.3 is 20.1 Å². The maximum Gasteiger partial charge on any atom is 0.262 e. The molecule has 0 saturated carbocycles. The number of ether oxygens (including phenoxy) is 1. The molecule has 2 rings (SSSR count). The van der Waals surface area contributed by atoms with Crippen LogP contribution in [0.25, 0.3) is 0 Å². The summed E-state index contributed by atoms with van der Waals surface area (Å²) in [5, 5.41) is 11.8. The lowest BCUT2D eigenvalue weighted by atomic mass is 10.0. The van der Waals surface area contributed by atoms with E-state index in [1.807, 2.05) is 0 Å². The van der Waals surface area contributed by atoms with E-state index in [4.69, 9.17) is 27.9 Å². The highest BCUT2D eigenvalue weighted by Gasteiger charge is 2.22. The number of halogens is 4. The van der Waals surface area contributed by atoms with Gasteiger partial charge in [0.15, 0.2) is 6.61 Å². The minimum Gasteiger partial charge on any atom is -0.484 e. The minimum atomic E-state index is -0.667. The van der Waals surface area contributed by atoms with Crippen molar-refractivity contribution in [3.05, 3.63) is 75.9 Å². The van der Waals surface area contributed by atoms with Crippen LogP contribution in [0.15, 0.2) is 48.7 Å². The van der Waals surface area contributed by atoms with Crippen molar-refractivity contribution >= 4 is 35.0 Å². The number of amides is 2. The van der Waals surface area contributed by atoms with Crippen molar-refractivity contribution in [1.82, 2.24) is 10.2 Å². The Morgan fingerprint density at radius 3 is 2.39 bits per heavy atom. The molecule has 6 nitrogen and oxygen atoms in total. The fourth-order valence-corrected chi connectivity index (χ4v) is 3.25. The van der Waals surface area contributed by atoms with Gasteiger partial charge in [0.1, 0.15) is 17.4 Å². The van der Waals surface area contributed by atoms with Gasteiger partial charge in [0, 0.05) is 30.8 Å². The average molecular weight is 501 g/mol. The number of aliphatic hydroxyl groups is 1. The third-order valence-electron chi connectivity index (χ3n) is 4.59. The van der Waals surface area contributed by atoms with Gasteiger partial charge in [-0.3, -0.25) is 9.59 Å². The summed E-state index contributed by atoms with van der Waals surface area (Å²) < 4.78 is 32.3. The molecule has 0 radical (unpaired) electrons. The number of allylic oxidation sites excluding steroid dienone is 1. The third-order valence-corrected chi connectivity index (χ3v) is 5.20. The Hall–Kier alpha value is -2.68. The second-order valence-corrected chi connectivity index (χ2v) is 8.17. The van der Waals surface area contributed by atoms with Crippen LogP contribution in [0.4, 0.5) is 8.78 Å². The van der Waals surface area contributed by atoms with E-state index >= 15 is 0 Å². The molecule has 178 valence electrons. The zero-order valence-electron chi connectivity index (χ0n) is 17.9. The molecule has 2 aromatic carbocycles. The summed E-state index contributed by atoms with van der Waals surface area (Å²) in [6, 6.07) is 8.03. The SMILES string of the molecule is C=C(CC(C)C(=O)N(CCO)Cc1ccc(Cl)c(F)c1)NC(=O)COc1ccc(Cl)c(F)c1. The van der Waals surface area contributed by atoms with E-state index in [9.17, 15) is 23.5 Å². The van der Waals surface area contributed by atoms with Gasteiger partial charge in [-0.05, 0) is 36.2 Å². The molecule has 10 heteroatoms. The van der Waals surface area contributed by atoms with Crippen LogP contribution in [0, 0.1) is 17.6 Å². The molecule has 1 atom stereocenters. The molecule has 2 aromatic rings. The van der Waals surface area contributed by atoms with Gasteiger partial charge in [0.05, 0.1) is 16.7 Å². The number of carbonyl (C=O) groups is 2. The van der Waals surface area contributed by atoms with Crippen molar-refractivity contribution < 1.29 is 28.2 Å². The summed E-state index contributed by atoms with van der Waals surface area (Å²) >= 11 is 11.3. The van der Waals surface area contributed by atoms with Crippen LogP contribution in [0.1, 0.15) is 18.9 Å². The summed E-state index contributed by atoms with van der Waals surface area (Å²) in [6.07, 6.45) is 0.136. The van der Waals surface area contributed by atoms with Crippen molar-refractivity contribution in [2.45, 2.75) is 19.9 Å². The number of nitrogens with zero attached hydrogens (tertiary/aromatic N) is 1. The first-order valence-electron chi connectivity index (χ1n) is 9.99. The molecular formula is C23H24Cl2F2N2O4. The summed E-state index contributed by atoms with van der Waals surface area (Å²) in [4.78, 5) is 26.3. The predicted molar refractivity (Wildman–Crippen MR) is 122 cm³/mol. The molecule has 0 aromatic heterocycles. The van der Waals surface area contributed by atoms with Crippen molar-refractivity contribution in [3.63, 3.8) is 0 Å². The third kappa shape index (κ3) is 8.31. The van der Waals surface area contributed by atoms with Gasteiger partial charge in [-0.2, -0.15) is 0 Å². The lowest BCUT2D eigenvalue weighted by molar-refractivity contribution is -0.136. The van der Waals surface area contributed by atoms with Crippen LogP contribution in [-0.2, 0) is 16.1 Å². The normalized spacial score (nSPS) is 11.6. The topological polar surface area (TPSA) is 78.9 Å². The lowest BCUT2D eigenvalue weighted by Gasteiger charge is -2.26. The monoisotopic (exact) mass is 500 g/mol. The molecule has 0 saturated heterocycles. The first-order chi connectivity index (χ1) is 15.6. The van der Waals surface area contributed by atoms with E-state index in [0.29, 0.717) is 5.56 Å². The average Bonchev–Trinajstić information content (AvgIpc) is 2.76. The summed E-state index contributed by atoms with van der Waals surface area (Å²) in [5.41, 5.74) is 0.807. The molecular weight excluding hydrogens is 477 g/mol. The molecule has 0 aliphatic carbocycles. The number of carbonyl (C=O) groups excluding carboxylic acids is 2. The highest BCUT2D eigenvalue weighted by molar-refractivity contribution is 6.31. The van der Waals surface area contributed by atoms with E-state index in [0.717, 1.165) is 6.07 Å². The molecule has 33 heavy (non-hydrogen) atoms. The summed E-state index contributed by atoms with van der Waals surface area (Å²) in [6.45, 7) is 4.89. The Morgan fingerprint density at radius 2 is 1.79 bits per heavy atom. The zero-order valence-corrected chi connectivity index (χ0v) is 19.4. The maximum atomic E-state index is 13.7. The first-order valence-corrected chi connectivity index (χ1v) is 10.7. The van der Waals surface area contributed by atoms with E-state index in [1.54, 1.807) is 13.0 Å².